The van der Waals surface area contributed by atoms with E-state index < -0.39 is 5.97 Å². The average Bonchev–Trinajstić information content (AvgIpc) is 3.16. The summed E-state index contributed by atoms with van der Waals surface area (Å²) in [5.41, 5.74) is 1.68. The number of hydrogen-bond donors (Lipinski definition) is 2. The minimum Gasteiger partial charge on any atom is -0.497 e. The monoisotopic (exact) mass is 408 g/mol. The van der Waals surface area contributed by atoms with Crippen LogP contribution in [0.2, 0.25) is 0 Å². The van der Waals surface area contributed by atoms with E-state index in [4.69, 9.17) is 4.74 Å². The molecule has 1 saturated heterocycles. The number of H-pyrrole nitrogens is 1. The lowest BCUT2D eigenvalue weighted by atomic mass is 9.97. The van der Waals surface area contributed by atoms with Gasteiger partial charge in [0.05, 0.1) is 18.4 Å². The minimum absolute atomic E-state index is 0.119. The van der Waals surface area contributed by atoms with Crippen LogP contribution in [-0.2, 0) is 6.54 Å². The number of carboxylic acid groups (broad SMARTS) is 1. The van der Waals surface area contributed by atoms with E-state index in [1.165, 1.54) is 4.68 Å². The Morgan fingerprint density at radius 3 is 2.80 bits per heavy atom. The fourth-order valence-corrected chi connectivity index (χ4v) is 3.91. The van der Waals surface area contributed by atoms with Gasteiger partial charge in [-0.05, 0) is 61.3 Å². The van der Waals surface area contributed by atoms with Gasteiger partial charge in [-0.25, -0.2) is 9.59 Å². The standard InChI is InChI=1S/C22H24N4O4/c1-30-19-9-7-18(8-10-19)26-22(29)23-20(24-26)17-6-3-11-25(14-17)13-15-4-2-5-16(12-15)21(27)28/h2,4-5,7-10,12,17H,3,6,11,13-14H2,1H3,(H,27,28)(H,23,24,29)/t17-/m0/s1. The molecule has 3 aromatic rings. The van der Waals surface area contributed by atoms with Gasteiger partial charge < -0.3 is 9.84 Å². The Balaban J connectivity index is 1.49. The van der Waals surface area contributed by atoms with Crippen molar-refractivity contribution in [1.29, 1.82) is 0 Å². The number of rotatable bonds is 6. The maximum atomic E-state index is 12.5. The average molecular weight is 408 g/mol. The van der Waals surface area contributed by atoms with Crippen molar-refractivity contribution in [3.05, 3.63) is 76.0 Å². The van der Waals surface area contributed by atoms with E-state index in [0.717, 1.165) is 37.2 Å². The molecule has 8 heteroatoms. The van der Waals surface area contributed by atoms with Crippen molar-refractivity contribution in [2.75, 3.05) is 20.2 Å². The molecule has 1 atom stereocenters. The van der Waals surface area contributed by atoms with Crippen LogP contribution < -0.4 is 10.4 Å². The maximum Gasteiger partial charge on any atom is 0.348 e. The number of benzene rings is 2. The Hall–Kier alpha value is -3.39. The summed E-state index contributed by atoms with van der Waals surface area (Å²) in [6.07, 6.45) is 1.93. The van der Waals surface area contributed by atoms with E-state index in [9.17, 15) is 14.7 Å². The van der Waals surface area contributed by atoms with Gasteiger partial charge in [-0.2, -0.15) is 4.68 Å². The topological polar surface area (TPSA) is 100 Å². The van der Waals surface area contributed by atoms with Gasteiger partial charge in [0.1, 0.15) is 11.6 Å². The number of nitrogens with zero attached hydrogens (tertiary/aromatic N) is 3. The van der Waals surface area contributed by atoms with Crippen LogP contribution in [0.4, 0.5) is 0 Å². The maximum absolute atomic E-state index is 12.5. The van der Waals surface area contributed by atoms with Gasteiger partial charge in [0.25, 0.3) is 0 Å². The lowest BCUT2D eigenvalue weighted by Crippen LogP contribution is -2.34. The number of nitrogens with one attached hydrogen (secondary N) is 1. The Bertz CT molecular complexity index is 1090. The van der Waals surface area contributed by atoms with Crippen LogP contribution in [0.1, 0.15) is 40.5 Å². The largest absolute Gasteiger partial charge is 0.497 e. The van der Waals surface area contributed by atoms with Crippen molar-refractivity contribution in [2.24, 2.45) is 0 Å². The van der Waals surface area contributed by atoms with Crippen LogP contribution in [-0.4, -0.2) is 50.9 Å². The summed E-state index contributed by atoms with van der Waals surface area (Å²) in [6, 6.07) is 14.2. The molecule has 0 bridgehead atoms. The van der Waals surface area contributed by atoms with Gasteiger partial charge in [-0.15, -0.1) is 5.10 Å². The third-order valence-corrected chi connectivity index (χ3v) is 5.42. The molecule has 0 spiro atoms. The zero-order chi connectivity index (χ0) is 21.1. The molecular formula is C22H24N4O4. The lowest BCUT2D eigenvalue weighted by molar-refractivity contribution is 0.0696. The highest BCUT2D eigenvalue weighted by Gasteiger charge is 2.25. The third-order valence-electron chi connectivity index (χ3n) is 5.42. The van der Waals surface area contributed by atoms with E-state index in [2.05, 4.69) is 15.0 Å². The highest BCUT2D eigenvalue weighted by atomic mass is 16.5. The van der Waals surface area contributed by atoms with Crippen molar-refractivity contribution in [2.45, 2.75) is 25.3 Å². The van der Waals surface area contributed by atoms with Gasteiger partial charge in [0.15, 0.2) is 0 Å². The molecule has 2 aromatic carbocycles. The van der Waals surface area contributed by atoms with Crippen molar-refractivity contribution >= 4 is 5.97 Å². The summed E-state index contributed by atoms with van der Waals surface area (Å²) < 4.78 is 6.54. The molecule has 4 rings (SSSR count). The third kappa shape index (κ3) is 4.28. The zero-order valence-corrected chi connectivity index (χ0v) is 16.7. The molecule has 0 saturated carbocycles. The second-order valence-electron chi connectivity index (χ2n) is 7.51. The van der Waals surface area contributed by atoms with Crippen LogP contribution >= 0.6 is 0 Å². The number of carboxylic acids is 1. The molecule has 30 heavy (non-hydrogen) atoms. The summed E-state index contributed by atoms with van der Waals surface area (Å²) in [6.45, 7) is 2.35. The molecule has 1 aliphatic rings. The fraction of sp³-hybridized carbons (Fsp3) is 0.318. The number of hydrogen-bond acceptors (Lipinski definition) is 5. The Morgan fingerprint density at radius 1 is 1.27 bits per heavy atom. The molecule has 2 N–H and O–H groups in total. The number of ether oxygens (including phenoxy) is 1. The summed E-state index contributed by atoms with van der Waals surface area (Å²) in [7, 11) is 1.60. The first-order valence-corrected chi connectivity index (χ1v) is 9.92. The second-order valence-corrected chi connectivity index (χ2v) is 7.51. The number of aromatic nitrogens is 3. The first-order chi connectivity index (χ1) is 14.5. The summed E-state index contributed by atoms with van der Waals surface area (Å²) >= 11 is 0. The number of likely N-dealkylation sites (tertiary alicyclic amines) is 1. The second kappa shape index (κ2) is 8.54. The molecule has 156 valence electrons. The molecule has 0 aliphatic carbocycles. The molecular weight excluding hydrogens is 384 g/mol. The van der Waals surface area contributed by atoms with Gasteiger partial charge in [-0.1, -0.05) is 12.1 Å². The zero-order valence-electron chi connectivity index (χ0n) is 16.7. The summed E-state index contributed by atoms with van der Waals surface area (Å²) in [5.74, 6) is 0.598. The first-order valence-electron chi connectivity index (χ1n) is 9.92. The first kappa shape index (κ1) is 19.9. The number of aromatic carboxylic acids is 1. The number of piperidine rings is 1. The van der Waals surface area contributed by atoms with Crippen LogP contribution in [0.5, 0.6) is 5.75 Å². The fourth-order valence-electron chi connectivity index (χ4n) is 3.91. The smallest absolute Gasteiger partial charge is 0.348 e. The summed E-state index contributed by atoms with van der Waals surface area (Å²) in [4.78, 5) is 28.8. The van der Waals surface area contributed by atoms with Crippen molar-refractivity contribution in [1.82, 2.24) is 19.7 Å². The van der Waals surface area contributed by atoms with Gasteiger partial charge >= 0.3 is 11.7 Å². The SMILES string of the molecule is COc1ccc(-n2nc([C@H]3CCCN(Cc4cccc(C(=O)O)c4)C3)[nH]c2=O)cc1. The number of methoxy groups -OCH3 is 1. The van der Waals surface area contributed by atoms with Gasteiger partial charge in [0.2, 0.25) is 0 Å². The van der Waals surface area contributed by atoms with Gasteiger partial charge in [0, 0.05) is 19.0 Å². The summed E-state index contributed by atoms with van der Waals surface area (Å²) in [5, 5.41) is 13.7. The van der Waals surface area contributed by atoms with Crippen molar-refractivity contribution in [3.63, 3.8) is 0 Å². The van der Waals surface area contributed by atoms with Crippen LogP contribution in [0.3, 0.4) is 0 Å². The van der Waals surface area contributed by atoms with Crippen LogP contribution in [0, 0.1) is 0 Å². The number of aromatic amines is 1. The molecule has 0 radical (unpaired) electrons. The highest BCUT2D eigenvalue weighted by Crippen LogP contribution is 2.25. The van der Waals surface area contributed by atoms with E-state index in [0.29, 0.717) is 23.6 Å². The normalized spacial score (nSPS) is 17.0. The molecule has 0 unspecified atom stereocenters. The molecule has 0 amide bonds. The molecule has 8 nitrogen and oxygen atoms in total. The van der Waals surface area contributed by atoms with E-state index in [1.54, 1.807) is 49.6 Å². The molecule has 1 aliphatic heterocycles. The van der Waals surface area contributed by atoms with E-state index in [-0.39, 0.29) is 11.6 Å². The quantitative estimate of drug-likeness (QED) is 0.650. The lowest BCUT2D eigenvalue weighted by Gasteiger charge is -2.31. The van der Waals surface area contributed by atoms with E-state index >= 15 is 0 Å². The molecule has 1 aromatic heterocycles. The van der Waals surface area contributed by atoms with E-state index in [1.807, 2.05) is 6.07 Å². The van der Waals surface area contributed by atoms with Gasteiger partial charge in [-0.3, -0.25) is 9.88 Å². The Morgan fingerprint density at radius 2 is 2.07 bits per heavy atom. The van der Waals surface area contributed by atoms with Crippen molar-refractivity contribution in [3.8, 4) is 11.4 Å². The number of carbonyl (C=O) groups is 1. The molecule has 1 fully saturated rings. The predicted octanol–water partition coefficient (Wildman–Crippen LogP) is 2.65. The predicted molar refractivity (Wildman–Crippen MR) is 111 cm³/mol. The van der Waals surface area contributed by atoms with Crippen LogP contribution in [0.25, 0.3) is 5.69 Å². The minimum atomic E-state index is -0.921. The Labute approximate surface area is 173 Å². The van der Waals surface area contributed by atoms with Crippen molar-refractivity contribution < 1.29 is 14.6 Å². The van der Waals surface area contributed by atoms with Crippen LogP contribution in [0.15, 0.2) is 53.3 Å². The Kier molecular flexibility index (Phi) is 5.67. The molecule has 2 heterocycles. The highest BCUT2D eigenvalue weighted by molar-refractivity contribution is 5.87.